The Morgan fingerprint density at radius 1 is 1.47 bits per heavy atom. The number of hydrogen-bond acceptors (Lipinski definition) is 6. The number of rotatable bonds is 3. The van der Waals surface area contributed by atoms with Gasteiger partial charge in [0.15, 0.2) is 0 Å². The van der Waals surface area contributed by atoms with Crippen LogP contribution in [-0.4, -0.2) is 53.0 Å². The average Bonchev–Trinajstić information content (AvgIpc) is 2.38. The lowest BCUT2D eigenvalue weighted by molar-refractivity contribution is -0.384. The van der Waals surface area contributed by atoms with Gasteiger partial charge >= 0.3 is 5.69 Å². The van der Waals surface area contributed by atoms with Gasteiger partial charge in [0.25, 0.3) is 0 Å². The molecule has 0 aromatic carbocycles. The van der Waals surface area contributed by atoms with Gasteiger partial charge < -0.3 is 9.80 Å². The number of anilines is 1. The minimum atomic E-state index is -0.525. The van der Waals surface area contributed by atoms with E-state index in [0.29, 0.717) is 5.82 Å². The maximum atomic E-state index is 11.1. The maximum Gasteiger partial charge on any atom is 0.348 e. The van der Waals surface area contributed by atoms with Crippen LogP contribution in [0.4, 0.5) is 11.5 Å². The zero-order valence-electron chi connectivity index (χ0n) is 10.9. The normalized spacial score (nSPS) is 17.4. The fourth-order valence-corrected chi connectivity index (χ4v) is 2.52. The molecular formula is C11H16ClN5O2. The molecule has 1 aromatic heterocycles. The molecule has 0 saturated carbocycles. The van der Waals surface area contributed by atoms with Gasteiger partial charge in [0, 0.05) is 13.1 Å². The Kier molecular flexibility index (Phi) is 4.16. The second-order valence-electron chi connectivity index (χ2n) is 4.74. The largest absolute Gasteiger partial charge is 0.351 e. The van der Waals surface area contributed by atoms with Gasteiger partial charge in [0.1, 0.15) is 6.33 Å². The van der Waals surface area contributed by atoms with Crippen molar-refractivity contribution in [3.8, 4) is 0 Å². The van der Waals surface area contributed by atoms with Crippen LogP contribution in [0, 0.1) is 10.1 Å². The first kappa shape index (κ1) is 14.0. The van der Waals surface area contributed by atoms with E-state index in [4.69, 9.17) is 11.6 Å². The number of hydrogen-bond donors (Lipinski definition) is 0. The van der Waals surface area contributed by atoms with Gasteiger partial charge in [0.2, 0.25) is 11.0 Å². The molecule has 0 spiro atoms. The first-order valence-electron chi connectivity index (χ1n) is 6.07. The molecule has 2 heterocycles. The van der Waals surface area contributed by atoms with Gasteiger partial charge in [-0.25, -0.2) is 9.97 Å². The molecule has 0 unspecified atom stereocenters. The lowest BCUT2D eigenvalue weighted by Crippen LogP contribution is -2.42. The Balaban J connectivity index is 2.26. The Morgan fingerprint density at radius 2 is 2.11 bits per heavy atom. The van der Waals surface area contributed by atoms with Gasteiger partial charge in [-0.2, -0.15) is 0 Å². The summed E-state index contributed by atoms with van der Waals surface area (Å²) < 4.78 is 0. The highest BCUT2D eigenvalue weighted by Gasteiger charge is 2.29. The maximum absolute atomic E-state index is 11.1. The molecule has 0 aliphatic carbocycles. The van der Waals surface area contributed by atoms with Crippen LogP contribution in [0.2, 0.25) is 5.15 Å². The monoisotopic (exact) mass is 285 g/mol. The molecular weight excluding hydrogens is 270 g/mol. The molecule has 2 rings (SSSR count). The van der Waals surface area contributed by atoms with Crippen molar-refractivity contribution in [3.05, 3.63) is 21.6 Å². The van der Waals surface area contributed by atoms with E-state index in [-0.39, 0.29) is 16.9 Å². The van der Waals surface area contributed by atoms with E-state index in [2.05, 4.69) is 21.9 Å². The molecule has 0 bridgehead atoms. The van der Waals surface area contributed by atoms with Gasteiger partial charge in [-0.3, -0.25) is 10.1 Å². The highest BCUT2D eigenvalue weighted by molar-refractivity contribution is 6.31. The van der Waals surface area contributed by atoms with Gasteiger partial charge in [0.05, 0.1) is 4.92 Å². The summed E-state index contributed by atoms with van der Waals surface area (Å²) in [6.07, 6.45) is 3.16. The molecule has 0 amide bonds. The molecule has 0 radical (unpaired) electrons. The van der Waals surface area contributed by atoms with Crippen LogP contribution in [0.5, 0.6) is 0 Å². The van der Waals surface area contributed by atoms with Crippen molar-refractivity contribution in [2.24, 2.45) is 0 Å². The van der Waals surface area contributed by atoms with Crippen molar-refractivity contribution in [1.29, 1.82) is 0 Å². The van der Waals surface area contributed by atoms with Crippen LogP contribution < -0.4 is 4.90 Å². The van der Waals surface area contributed by atoms with Gasteiger partial charge in [-0.15, -0.1) is 0 Å². The van der Waals surface area contributed by atoms with Crippen molar-refractivity contribution < 1.29 is 4.92 Å². The topological polar surface area (TPSA) is 75.4 Å². The molecule has 1 fully saturated rings. The minimum absolute atomic E-state index is 0.116. The lowest BCUT2D eigenvalue weighted by Gasteiger charge is -2.35. The Morgan fingerprint density at radius 3 is 2.68 bits per heavy atom. The molecule has 0 atom stereocenters. The van der Waals surface area contributed by atoms with Crippen molar-refractivity contribution >= 4 is 23.1 Å². The van der Waals surface area contributed by atoms with Gasteiger partial charge in [-0.1, -0.05) is 11.6 Å². The van der Waals surface area contributed by atoms with Crippen LogP contribution in [-0.2, 0) is 0 Å². The van der Waals surface area contributed by atoms with E-state index < -0.39 is 4.92 Å². The fraction of sp³-hybridized carbons (Fsp3) is 0.636. The van der Waals surface area contributed by atoms with Crippen LogP contribution in [0.25, 0.3) is 0 Å². The van der Waals surface area contributed by atoms with Gasteiger partial charge in [-0.05, 0) is 33.0 Å². The van der Waals surface area contributed by atoms with E-state index in [0.717, 1.165) is 25.9 Å². The standard InChI is InChI=1S/C11H16ClN5O2/c1-15-5-3-8(4-6-15)16(2)11-9(17(18)19)10(12)13-7-14-11/h7-8H,3-6H2,1-2H3. The third-order valence-corrected chi connectivity index (χ3v) is 3.79. The van der Waals surface area contributed by atoms with Crippen LogP contribution in [0.3, 0.4) is 0 Å². The lowest BCUT2D eigenvalue weighted by atomic mass is 10.0. The SMILES string of the molecule is CN1CCC(N(C)c2ncnc(Cl)c2[N+](=O)[O-])CC1. The number of halogens is 1. The highest BCUT2D eigenvalue weighted by Crippen LogP contribution is 2.32. The molecule has 7 nitrogen and oxygen atoms in total. The molecule has 1 aromatic rings. The summed E-state index contributed by atoms with van der Waals surface area (Å²) in [5.41, 5.74) is -0.217. The summed E-state index contributed by atoms with van der Waals surface area (Å²) in [6.45, 7) is 1.95. The van der Waals surface area contributed by atoms with Crippen LogP contribution in [0.15, 0.2) is 6.33 Å². The molecule has 1 aliphatic heterocycles. The number of aromatic nitrogens is 2. The van der Waals surface area contributed by atoms with Crippen LogP contribution >= 0.6 is 11.6 Å². The smallest absolute Gasteiger partial charge is 0.348 e. The number of nitro groups is 1. The van der Waals surface area contributed by atoms with Crippen molar-refractivity contribution in [1.82, 2.24) is 14.9 Å². The van der Waals surface area contributed by atoms with Crippen molar-refractivity contribution in [3.63, 3.8) is 0 Å². The minimum Gasteiger partial charge on any atom is -0.351 e. The summed E-state index contributed by atoms with van der Waals surface area (Å²) in [7, 11) is 3.89. The Labute approximate surface area is 116 Å². The Bertz CT molecular complexity index is 476. The molecule has 0 N–H and O–H groups in total. The third-order valence-electron chi connectivity index (χ3n) is 3.51. The summed E-state index contributed by atoms with van der Waals surface area (Å²) in [5.74, 6) is 0.291. The third kappa shape index (κ3) is 2.93. The second kappa shape index (κ2) is 5.66. The summed E-state index contributed by atoms with van der Waals surface area (Å²) in [4.78, 5) is 22.4. The van der Waals surface area contributed by atoms with E-state index in [1.165, 1.54) is 6.33 Å². The fourth-order valence-electron chi connectivity index (χ4n) is 2.32. The quantitative estimate of drug-likeness (QED) is 0.477. The molecule has 1 aliphatic rings. The van der Waals surface area contributed by atoms with E-state index >= 15 is 0 Å². The average molecular weight is 286 g/mol. The number of nitrogens with zero attached hydrogens (tertiary/aromatic N) is 5. The summed E-state index contributed by atoms with van der Waals surface area (Å²) >= 11 is 5.80. The van der Waals surface area contributed by atoms with E-state index in [9.17, 15) is 10.1 Å². The second-order valence-corrected chi connectivity index (χ2v) is 5.10. The highest BCUT2D eigenvalue weighted by atomic mass is 35.5. The predicted octanol–water partition coefficient (Wildman–Crippen LogP) is 1.57. The molecule has 1 saturated heterocycles. The molecule has 104 valence electrons. The number of piperidine rings is 1. The van der Waals surface area contributed by atoms with E-state index in [1.54, 1.807) is 0 Å². The van der Waals surface area contributed by atoms with Crippen molar-refractivity contribution in [2.75, 3.05) is 32.1 Å². The number of likely N-dealkylation sites (tertiary alicyclic amines) is 1. The first-order valence-corrected chi connectivity index (χ1v) is 6.44. The van der Waals surface area contributed by atoms with E-state index in [1.807, 2.05) is 11.9 Å². The summed E-state index contributed by atoms with van der Waals surface area (Å²) in [5, 5.41) is 11.0. The molecule has 8 heteroatoms. The zero-order chi connectivity index (χ0) is 14.0. The van der Waals surface area contributed by atoms with Crippen molar-refractivity contribution in [2.45, 2.75) is 18.9 Å². The predicted molar refractivity (Wildman–Crippen MR) is 72.6 cm³/mol. The van der Waals surface area contributed by atoms with Crippen LogP contribution in [0.1, 0.15) is 12.8 Å². The molecule has 19 heavy (non-hydrogen) atoms. The Hall–Kier alpha value is -1.47. The first-order chi connectivity index (χ1) is 9.00. The summed E-state index contributed by atoms with van der Waals surface area (Å²) in [6, 6.07) is 0.237. The zero-order valence-corrected chi connectivity index (χ0v) is 11.7.